The molecule has 6 nitrogen and oxygen atoms in total. The molecule has 0 aromatic rings. The van der Waals surface area contributed by atoms with E-state index in [2.05, 4.69) is 50.8 Å². The van der Waals surface area contributed by atoms with Crippen molar-refractivity contribution >= 4 is 29.9 Å². The molecule has 1 N–H and O–H groups in total. The van der Waals surface area contributed by atoms with Crippen LogP contribution in [0.4, 0.5) is 0 Å². The molecular weight excluding hydrogens is 475 g/mol. The minimum Gasteiger partial charge on any atom is -0.354 e. The van der Waals surface area contributed by atoms with Gasteiger partial charge in [-0.2, -0.15) is 0 Å². The van der Waals surface area contributed by atoms with E-state index in [1.54, 1.807) is 0 Å². The van der Waals surface area contributed by atoms with E-state index in [-0.39, 0.29) is 24.0 Å². The molecule has 3 saturated heterocycles. The molecule has 7 heteroatoms. The van der Waals surface area contributed by atoms with Gasteiger partial charge in [0.25, 0.3) is 0 Å². The topological polar surface area (TPSA) is 37.4 Å². The molecule has 170 valence electrons. The summed E-state index contributed by atoms with van der Waals surface area (Å²) in [6.07, 6.45) is 7.94. The van der Waals surface area contributed by atoms with Crippen LogP contribution >= 0.6 is 24.0 Å². The number of piperidine rings is 2. The molecule has 3 rings (SSSR count). The Balaban J connectivity index is 0.00000300. The third-order valence-electron chi connectivity index (χ3n) is 7.52. The Kier molecular flexibility index (Phi) is 10.5. The van der Waals surface area contributed by atoms with Gasteiger partial charge in [-0.1, -0.05) is 20.3 Å². The molecule has 0 aliphatic carbocycles. The second-order valence-corrected chi connectivity index (χ2v) is 9.09. The first-order chi connectivity index (χ1) is 13.6. The second kappa shape index (κ2) is 12.1. The molecule has 0 aromatic carbocycles. The standard InChI is InChI=1S/C22H44N6.HI/c1-5-26(6-2)20-10-15-27(18-20)21(23-3)24-19-22(11-16-25(4)17-12-22)28-13-8-7-9-14-28;/h20H,5-19H2,1-4H3,(H,23,24);1H. The fourth-order valence-corrected chi connectivity index (χ4v) is 5.56. The maximum atomic E-state index is 4.68. The molecule has 3 aliphatic rings. The number of hydrogen-bond donors (Lipinski definition) is 1. The van der Waals surface area contributed by atoms with Gasteiger partial charge in [-0.05, 0) is 78.4 Å². The Morgan fingerprint density at radius 1 is 1.03 bits per heavy atom. The van der Waals surface area contributed by atoms with Crippen molar-refractivity contribution in [2.75, 3.05) is 73.0 Å². The van der Waals surface area contributed by atoms with E-state index in [0.29, 0.717) is 11.6 Å². The lowest BCUT2D eigenvalue weighted by Gasteiger charge is -2.50. The minimum atomic E-state index is 0. The highest BCUT2D eigenvalue weighted by Crippen LogP contribution is 2.31. The van der Waals surface area contributed by atoms with E-state index in [1.165, 1.54) is 64.7 Å². The number of likely N-dealkylation sites (tertiary alicyclic amines) is 3. The molecule has 0 aromatic heterocycles. The molecule has 0 bridgehead atoms. The summed E-state index contributed by atoms with van der Waals surface area (Å²) in [5, 5.41) is 3.83. The van der Waals surface area contributed by atoms with Gasteiger partial charge in [0.1, 0.15) is 0 Å². The normalized spacial score (nSPS) is 26.6. The monoisotopic (exact) mass is 520 g/mol. The van der Waals surface area contributed by atoms with Gasteiger partial charge < -0.3 is 15.1 Å². The summed E-state index contributed by atoms with van der Waals surface area (Å²) in [5.41, 5.74) is 0.306. The van der Waals surface area contributed by atoms with E-state index in [0.717, 1.165) is 38.7 Å². The molecule has 3 fully saturated rings. The lowest BCUT2D eigenvalue weighted by Crippen LogP contribution is -2.62. The molecule has 1 unspecified atom stereocenters. The highest BCUT2D eigenvalue weighted by atomic mass is 127. The van der Waals surface area contributed by atoms with Crippen molar-refractivity contribution in [1.29, 1.82) is 0 Å². The Labute approximate surface area is 196 Å². The van der Waals surface area contributed by atoms with Gasteiger partial charge in [-0.3, -0.25) is 14.8 Å². The summed E-state index contributed by atoms with van der Waals surface area (Å²) in [6, 6.07) is 0.674. The third kappa shape index (κ3) is 6.20. The van der Waals surface area contributed by atoms with Gasteiger partial charge >= 0.3 is 0 Å². The first-order valence-corrected chi connectivity index (χ1v) is 11.7. The van der Waals surface area contributed by atoms with Crippen molar-refractivity contribution < 1.29 is 0 Å². The number of halogens is 1. The lowest BCUT2D eigenvalue weighted by molar-refractivity contribution is 0.0170. The summed E-state index contributed by atoms with van der Waals surface area (Å²) in [5.74, 6) is 1.12. The summed E-state index contributed by atoms with van der Waals surface area (Å²) in [6.45, 7) is 15.1. The zero-order valence-electron chi connectivity index (χ0n) is 19.3. The molecule has 29 heavy (non-hydrogen) atoms. The van der Waals surface area contributed by atoms with E-state index < -0.39 is 0 Å². The van der Waals surface area contributed by atoms with Gasteiger partial charge in [0.2, 0.25) is 0 Å². The number of nitrogens with zero attached hydrogens (tertiary/aromatic N) is 5. The van der Waals surface area contributed by atoms with E-state index in [1.807, 2.05) is 7.05 Å². The molecule has 3 aliphatic heterocycles. The van der Waals surface area contributed by atoms with Crippen LogP contribution in [0.3, 0.4) is 0 Å². The molecule has 0 saturated carbocycles. The summed E-state index contributed by atoms with van der Waals surface area (Å²) in [7, 11) is 4.22. The van der Waals surface area contributed by atoms with Gasteiger partial charge in [0.15, 0.2) is 5.96 Å². The Morgan fingerprint density at radius 3 is 2.28 bits per heavy atom. The molecule has 1 atom stereocenters. The maximum absolute atomic E-state index is 4.68. The highest BCUT2D eigenvalue weighted by molar-refractivity contribution is 14.0. The minimum absolute atomic E-state index is 0. The predicted molar refractivity (Wildman–Crippen MR) is 135 cm³/mol. The fraction of sp³-hybridized carbons (Fsp3) is 0.955. The van der Waals surface area contributed by atoms with Crippen LogP contribution in [0.15, 0.2) is 4.99 Å². The van der Waals surface area contributed by atoms with Crippen LogP contribution in [0, 0.1) is 0 Å². The first kappa shape index (κ1) is 25.1. The molecule has 0 radical (unpaired) electrons. The number of likely N-dealkylation sites (N-methyl/N-ethyl adjacent to an activating group) is 1. The van der Waals surface area contributed by atoms with Crippen molar-refractivity contribution in [2.45, 2.75) is 64.0 Å². The van der Waals surface area contributed by atoms with E-state index >= 15 is 0 Å². The number of rotatable bonds is 6. The Morgan fingerprint density at radius 2 is 1.69 bits per heavy atom. The number of hydrogen-bond acceptors (Lipinski definition) is 4. The number of aliphatic imine (C=N–C) groups is 1. The van der Waals surface area contributed by atoms with E-state index in [4.69, 9.17) is 0 Å². The third-order valence-corrected chi connectivity index (χ3v) is 7.52. The van der Waals surface area contributed by atoms with Crippen LogP contribution in [0.25, 0.3) is 0 Å². The van der Waals surface area contributed by atoms with Crippen molar-refractivity contribution in [3.05, 3.63) is 0 Å². The highest BCUT2D eigenvalue weighted by Gasteiger charge is 2.40. The summed E-state index contributed by atoms with van der Waals surface area (Å²) < 4.78 is 0. The average molecular weight is 521 g/mol. The Hall–Kier alpha value is -0.120. The van der Waals surface area contributed by atoms with Gasteiger partial charge in [0.05, 0.1) is 0 Å². The fourth-order valence-electron chi connectivity index (χ4n) is 5.56. The van der Waals surface area contributed by atoms with Crippen LogP contribution < -0.4 is 5.32 Å². The smallest absolute Gasteiger partial charge is 0.193 e. The maximum Gasteiger partial charge on any atom is 0.193 e. The molecular formula is C22H45IN6. The average Bonchev–Trinajstić information content (AvgIpc) is 3.21. The number of guanidine groups is 1. The van der Waals surface area contributed by atoms with Crippen LogP contribution in [-0.2, 0) is 0 Å². The quantitative estimate of drug-likeness (QED) is 0.331. The zero-order chi connectivity index (χ0) is 20.0. The predicted octanol–water partition coefficient (Wildman–Crippen LogP) is 2.55. The van der Waals surface area contributed by atoms with Crippen molar-refractivity contribution in [1.82, 2.24) is 24.9 Å². The zero-order valence-corrected chi connectivity index (χ0v) is 21.7. The van der Waals surface area contributed by atoms with E-state index in [9.17, 15) is 0 Å². The van der Waals surface area contributed by atoms with Crippen molar-refractivity contribution in [3.63, 3.8) is 0 Å². The molecule has 0 amide bonds. The lowest BCUT2D eigenvalue weighted by atomic mass is 9.84. The molecule has 3 heterocycles. The van der Waals surface area contributed by atoms with Crippen LogP contribution in [0.2, 0.25) is 0 Å². The first-order valence-electron chi connectivity index (χ1n) is 11.7. The van der Waals surface area contributed by atoms with Gasteiger partial charge in [-0.25, -0.2) is 0 Å². The van der Waals surface area contributed by atoms with Crippen LogP contribution in [0.5, 0.6) is 0 Å². The Bertz CT molecular complexity index is 496. The SMILES string of the molecule is CCN(CC)C1CCN(C(=NC)NCC2(N3CCCCC3)CCN(C)CC2)C1.I. The molecule has 0 spiro atoms. The summed E-state index contributed by atoms with van der Waals surface area (Å²) in [4.78, 5) is 15.1. The van der Waals surface area contributed by atoms with Gasteiger partial charge in [-0.15, -0.1) is 24.0 Å². The largest absolute Gasteiger partial charge is 0.354 e. The number of nitrogens with one attached hydrogen (secondary N) is 1. The second-order valence-electron chi connectivity index (χ2n) is 9.09. The van der Waals surface area contributed by atoms with Gasteiger partial charge in [0, 0.05) is 38.3 Å². The van der Waals surface area contributed by atoms with Crippen molar-refractivity contribution in [3.8, 4) is 0 Å². The summed E-state index contributed by atoms with van der Waals surface area (Å²) >= 11 is 0. The van der Waals surface area contributed by atoms with Crippen molar-refractivity contribution in [2.24, 2.45) is 4.99 Å². The van der Waals surface area contributed by atoms with Crippen LogP contribution in [0.1, 0.15) is 52.4 Å². The van der Waals surface area contributed by atoms with Crippen LogP contribution in [-0.4, -0.2) is 110 Å².